The Kier molecular flexibility index (Phi) is 4.89. The molecule has 1 unspecified atom stereocenters. The highest BCUT2D eigenvalue weighted by molar-refractivity contribution is 6.30. The highest BCUT2D eigenvalue weighted by Gasteiger charge is 2.33. The zero-order valence-electron chi connectivity index (χ0n) is 10.0. The maximum absolute atomic E-state index is 13.5. The van der Waals surface area contributed by atoms with Gasteiger partial charge in [-0.15, -0.1) is 0 Å². The molecule has 96 valence electrons. The third-order valence-electron chi connectivity index (χ3n) is 2.49. The minimum absolute atomic E-state index is 0.0474. The van der Waals surface area contributed by atoms with Gasteiger partial charge in [-0.05, 0) is 30.7 Å². The first-order valence-corrected chi connectivity index (χ1v) is 5.50. The molecule has 1 aromatic rings. The highest BCUT2D eigenvalue weighted by Crippen LogP contribution is 2.23. The van der Waals surface area contributed by atoms with E-state index in [1.165, 1.54) is 39.3 Å². The van der Waals surface area contributed by atoms with Gasteiger partial charge in [0.2, 0.25) is 0 Å². The lowest BCUT2D eigenvalue weighted by Gasteiger charge is -2.30. The fourth-order valence-electron chi connectivity index (χ4n) is 1.75. The van der Waals surface area contributed by atoms with E-state index in [2.05, 4.69) is 0 Å². The smallest absolute Gasteiger partial charge is 0.185 e. The topological polar surface area (TPSA) is 38.7 Å². The summed E-state index contributed by atoms with van der Waals surface area (Å²) in [6, 6.07) is 4.20. The predicted molar refractivity (Wildman–Crippen MR) is 63.5 cm³/mol. The average molecular weight is 263 g/mol. The second-order valence-corrected chi connectivity index (χ2v) is 4.51. The summed E-state index contributed by atoms with van der Waals surface area (Å²) in [6.45, 7) is 1.52. The van der Waals surface area contributed by atoms with Gasteiger partial charge in [0, 0.05) is 25.7 Å². The molecule has 0 aliphatic rings. The van der Waals surface area contributed by atoms with Crippen molar-refractivity contribution in [3.63, 3.8) is 0 Å². The van der Waals surface area contributed by atoms with Gasteiger partial charge in [0.15, 0.2) is 6.29 Å². The molecule has 0 aromatic heterocycles. The molecule has 1 rings (SSSR count). The number of hydrogen-bond donors (Lipinski definition) is 1. The van der Waals surface area contributed by atoms with Gasteiger partial charge in [0.05, 0.1) is 0 Å². The molecule has 1 atom stereocenters. The Hall–Kier alpha value is -0.680. The van der Waals surface area contributed by atoms with Crippen LogP contribution >= 0.6 is 11.6 Å². The fraction of sp³-hybridized carbons (Fsp3) is 0.500. The third kappa shape index (κ3) is 3.64. The van der Waals surface area contributed by atoms with Crippen LogP contribution in [0.3, 0.4) is 0 Å². The van der Waals surface area contributed by atoms with Gasteiger partial charge in [-0.3, -0.25) is 0 Å². The second kappa shape index (κ2) is 5.78. The van der Waals surface area contributed by atoms with E-state index in [-0.39, 0.29) is 6.42 Å². The van der Waals surface area contributed by atoms with Crippen molar-refractivity contribution in [1.29, 1.82) is 0 Å². The molecule has 0 aliphatic heterocycles. The lowest BCUT2D eigenvalue weighted by atomic mass is 9.95. The van der Waals surface area contributed by atoms with Gasteiger partial charge in [0.1, 0.15) is 11.4 Å². The Balaban J connectivity index is 2.92. The SMILES string of the molecule is COC(OC)C(C)(O)Cc1cc(Cl)ccc1F. The third-order valence-corrected chi connectivity index (χ3v) is 2.73. The minimum Gasteiger partial charge on any atom is -0.385 e. The normalized spacial score (nSPS) is 15.0. The number of aliphatic hydroxyl groups is 1. The Labute approximate surface area is 105 Å². The van der Waals surface area contributed by atoms with Gasteiger partial charge < -0.3 is 14.6 Å². The summed E-state index contributed by atoms with van der Waals surface area (Å²) in [5.74, 6) is -0.416. The van der Waals surface area contributed by atoms with E-state index in [4.69, 9.17) is 21.1 Å². The maximum atomic E-state index is 13.5. The molecular weight excluding hydrogens is 247 g/mol. The Morgan fingerprint density at radius 3 is 2.53 bits per heavy atom. The van der Waals surface area contributed by atoms with Crippen molar-refractivity contribution in [3.8, 4) is 0 Å². The number of rotatable bonds is 5. The summed E-state index contributed by atoms with van der Waals surface area (Å²) < 4.78 is 23.5. The van der Waals surface area contributed by atoms with Crippen LogP contribution in [0.4, 0.5) is 4.39 Å². The van der Waals surface area contributed by atoms with Crippen molar-refractivity contribution in [2.45, 2.75) is 25.2 Å². The zero-order chi connectivity index (χ0) is 13.1. The Morgan fingerprint density at radius 1 is 1.41 bits per heavy atom. The van der Waals surface area contributed by atoms with Crippen LogP contribution in [-0.4, -0.2) is 31.2 Å². The summed E-state index contributed by atoms with van der Waals surface area (Å²) in [7, 11) is 2.83. The van der Waals surface area contributed by atoms with Gasteiger partial charge >= 0.3 is 0 Å². The predicted octanol–water partition coefficient (Wildman–Crippen LogP) is 2.39. The van der Waals surface area contributed by atoms with Crippen LogP contribution < -0.4 is 0 Å². The van der Waals surface area contributed by atoms with Crippen molar-refractivity contribution < 1.29 is 19.0 Å². The number of methoxy groups -OCH3 is 2. The lowest BCUT2D eigenvalue weighted by molar-refractivity contribution is -0.207. The van der Waals surface area contributed by atoms with Crippen molar-refractivity contribution in [2.75, 3.05) is 14.2 Å². The van der Waals surface area contributed by atoms with Crippen molar-refractivity contribution in [1.82, 2.24) is 0 Å². The van der Waals surface area contributed by atoms with Crippen LogP contribution in [0.5, 0.6) is 0 Å². The van der Waals surface area contributed by atoms with E-state index < -0.39 is 17.7 Å². The van der Waals surface area contributed by atoms with Crippen LogP contribution in [0, 0.1) is 5.82 Å². The van der Waals surface area contributed by atoms with E-state index in [0.717, 1.165) is 0 Å². The number of halogens is 2. The number of benzene rings is 1. The summed E-state index contributed by atoms with van der Waals surface area (Å²) >= 11 is 5.78. The summed E-state index contributed by atoms with van der Waals surface area (Å²) in [5, 5.41) is 10.6. The first-order chi connectivity index (χ1) is 7.90. The first-order valence-electron chi connectivity index (χ1n) is 5.12. The quantitative estimate of drug-likeness (QED) is 0.828. The second-order valence-electron chi connectivity index (χ2n) is 4.07. The molecule has 0 heterocycles. The van der Waals surface area contributed by atoms with Gasteiger partial charge in [-0.25, -0.2) is 4.39 Å². The van der Waals surface area contributed by atoms with Crippen LogP contribution in [0.2, 0.25) is 5.02 Å². The molecule has 0 spiro atoms. The van der Waals surface area contributed by atoms with Crippen molar-refractivity contribution >= 4 is 11.6 Å². The Morgan fingerprint density at radius 2 is 2.00 bits per heavy atom. The molecule has 0 saturated carbocycles. The van der Waals surface area contributed by atoms with E-state index >= 15 is 0 Å². The van der Waals surface area contributed by atoms with Gasteiger partial charge in [-0.1, -0.05) is 11.6 Å². The largest absolute Gasteiger partial charge is 0.385 e. The Bertz CT molecular complexity index is 378. The molecule has 0 radical (unpaired) electrons. The highest BCUT2D eigenvalue weighted by atomic mass is 35.5. The molecule has 0 saturated heterocycles. The zero-order valence-corrected chi connectivity index (χ0v) is 10.8. The van der Waals surface area contributed by atoms with E-state index in [1.807, 2.05) is 0 Å². The lowest BCUT2D eigenvalue weighted by Crippen LogP contribution is -2.44. The van der Waals surface area contributed by atoms with Crippen molar-refractivity contribution in [3.05, 3.63) is 34.6 Å². The minimum atomic E-state index is -1.34. The van der Waals surface area contributed by atoms with Crippen LogP contribution in [-0.2, 0) is 15.9 Å². The average Bonchev–Trinajstić information content (AvgIpc) is 2.24. The molecule has 0 aliphatic carbocycles. The molecule has 3 nitrogen and oxygen atoms in total. The molecule has 1 N–H and O–H groups in total. The monoisotopic (exact) mass is 262 g/mol. The first kappa shape index (κ1) is 14.4. The molecule has 0 bridgehead atoms. The van der Waals surface area contributed by atoms with E-state index in [1.54, 1.807) is 0 Å². The van der Waals surface area contributed by atoms with Gasteiger partial charge in [-0.2, -0.15) is 0 Å². The summed E-state index contributed by atoms with van der Waals surface area (Å²) in [5.41, 5.74) is -1.02. The van der Waals surface area contributed by atoms with E-state index in [9.17, 15) is 9.50 Å². The summed E-state index contributed by atoms with van der Waals surface area (Å²) in [4.78, 5) is 0. The molecule has 17 heavy (non-hydrogen) atoms. The van der Waals surface area contributed by atoms with Gasteiger partial charge in [0.25, 0.3) is 0 Å². The van der Waals surface area contributed by atoms with Crippen LogP contribution in [0.15, 0.2) is 18.2 Å². The van der Waals surface area contributed by atoms with Crippen molar-refractivity contribution in [2.24, 2.45) is 0 Å². The molecule has 0 fully saturated rings. The number of ether oxygens (including phenoxy) is 2. The van der Waals surface area contributed by atoms with Crippen LogP contribution in [0.25, 0.3) is 0 Å². The standard InChI is InChI=1S/C12H16ClFO3/c1-12(15,11(16-2)17-3)7-8-6-9(13)4-5-10(8)14/h4-6,11,15H,7H2,1-3H3. The van der Waals surface area contributed by atoms with E-state index in [0.29, 0.717) is 10.6 Å². The maximum Gasteiger partial charge on any atom is 0.185 e. The molecule has 0 amide bonds. The van der Waals surface area contributed by atoms with Crippen LogP contribution in [0.1, 0.15) is 12.5 Å². The molecule has 5 heteroatoms. The summed E-state index contributed by atoms with van der Waals surface area (Å²) in [6.07, 6.45) is -0.785. The fourth-order valence-corrected chi connectivity index (χ4v) is 1.95. The molecule has 1 aromatic carbocycles. The molecular formula is C12H16ClFO3. The number of hydrogen-bond acceptors (Lipinski definition) is 3.